The molecule has 3 heteroatoms. The van der Waals surface area contributed by atoms with Crippen molar-refractivity contribution in [2.45, 2.75) is 32.8 Å². The Hall–Kier alpha value is 0.210. The summed E-state index contributed by atoms with van der Waals surface area (Å²) in [5.41, 5.74) is -0.0256. The molecule has 0 amide bonds. The van der Waals surface area contributed by atoms with Gasteiger partial charge in [-0.2, -0.15) is 0 Å². The van der Waals surface area contributed by atoms with Crippen molar-refractivity contribution in [2.24, 2.45) is 5.41 Å². The van der Waals surface area contributed by atoms with E-state index < -0.39 is 0 Å². The Morgan fingerprint density at radius 1 is 1.50 bits per heavy atom. The van der Waals surface area contributed by atoms with E-state index in [-0.39, 0.29) is 12.0 Å². The molecule has 1 N–H and O–H groups in total. The molecule has 0 saturated heterocycles. The molecule has 0 aromatic heterocycles. The summed E-state index contributed by atoms with van der Waals surface area (Å²) in [4.78, 5) is 0. The van der Waals surface area contributed by atoms with Gasteiger partial charge in [0.1, 0.15) is 0 Å². The van der Waals surface area contributed by atoms with E-state index in [1.807, 2.05) is 13.8 Å². The van der Waals surface area contributed by atoms with Gasteiger partial charge in [0, 0.05) is 18.4 Å². The first-order valence-electron chi connectivity index (χ1n) is 4.46. The zero-order valence-corrected chi connectivity index (χ0v) is 8.90. The Balaban J connectivity index is 0.000000561. The van der Waals surface area contributed by atoms with Gasteiger partial charge < -0.3 is 9.84 Å². The van der Waals surface area contributed by atoms with E-state index in [9.17, 15) is 0 Å². The molecule has 1 fully saturated rings. The average molecular weight is 195 g/mol. The molecule has 0 unspecified atom stereocenters. The predicted octanol–water partition coefficient (Wildman–Crippen LogP) is 2.04. The maximum absolute atomic E-state index is 8.91. The van der Waals surface area contributed by atoms with Gasteiger partial charge in [-0.3, -0.25) is 0 Å². The van der Waals surface area contributed by atoms with Crippen LogP contribution in [0.25, 0.3) is 0 Å². The fourth-order valence-corrected chi connectivity index (χ4v) is 1.66. The van der Waals surface area contributed by atoms with E-state index in [0.717, 1.165) is 12.8 Å². The summed E-state index contributed by atoms with van der Waals surface area (Å²) in [6.45, 7) is 4.19. The molecule has 0 bridgehead atoms. The van der Waals surface area contributed by atoms with Gasteiger partial charge in [-0.05, 0) is 12.8 Å². The minimum absolute atomic E-state index is 0.0256. The molecule has 12 heavy (non-hydrogen) atoms. The minimum atomic E-state index is -0.0256. The molecule has 1 aliphatic rings. The number of aliphatic hydroxyl groups is 1. The van der Waals surface area contributed by atoms with Gasteiger partial charge in [-0.1, -0.05) is 13.8 Å². The second-order valence-corrected chi connectivity index (χ2v) is 3.32. The van der Waals surface area contributed by atoms with Gasteiger partial charge in [0.25, 0.3) is 0 Å². The lowest BCUT2D eigenvalue weighted by Crippen LogP contribution is -2.45. The molecule has 0 atom stereocenters. The Kier molecular flexibility index (Phi) is 5.89. The molecule has 0 radical (unpaired) electrons. The SMILES string of the molecule is CC.COC1CC(CO)(CCl)C1. The zero-order valence-electron chi connectivity index (χ0n) is 8.14. The number of aliphatic hydroxyl groups excluding tert-OH is 1. The molecule has 0 heterocycles. The maximum atomic E-state index is 8.91. The van der Waals surface area contributed by atoms with Gasteiger partial charge in [-0.15, -0.1) is 11.6 Å². The van der Waals surface area contributed by atoms with Crippen molar-refractivity contribution < 1.29 is 9.84 Å². The van der Waals surface area contributed by atoms with E-state index in [1.54, 1.807) is 7.11 Å². The number of hydrogen-bond donors (Lipinski definition) is 1. The van der Waals surface area contributed by atoms with Crippen LogP contribution in [0.2, 0.25) is 0 Å². The van der Waals surface area contributed by atoms with Crippen LogP contribution in [-0.2, 0) is 4.74 Å². The Bertz CT molecular complexity index is 105. The molecule has 74 valence electrons. The van der Waals surface area contributed by atoms with Gasteiger partial charge in [-0.25, -0.2) is 0 Å². The van der Waals surface area contributed by atoms with Crippen molar-refractivity contribution in [1.29, 1.82) is 0 Å². The van der Waals surface area contributed by atoms with Gasteiger partial charge in [0.05, 0.1) is 12.7 Å². The standard InChI is InChI=1S/C7H13ClO2.C2H6/c1-10-6-2-7(3-6,4-8)5-9;1-2/h6,9H,2-5H2,1H3;1-2H3. The number of rotatable bonds is 3. The van der Waals surface area contributed by atoms with E-state index >= 15 is 0 Å². The largest absolute Gasteiger partial charge is 0.396 e. The summed E-state index contributed by atoms with van der Waals surface area (Å²) in [7, 11) is 1.69. The van der Waals surface area contributed by atoms with Crippen molar-refractivity contribution in [3.8, 4) is 0 Å². The monoisotopic (exact) mass is 194 g/mol. The first-order chi connectivity index (χ1) is 5.76. The van der Waals surface area contributed by atoms with Crippen LogP contribution in [0.4, 0.5) is 0 Å². The normalized spacial score (nSPS) is 33.2. The smallest absolute Gasteiger partial charge is 0.0584 e. The Morgan fingerprint density at radius 2 is 2.00 bits per heavy atom. The third kappa shape index (κ3) is 2.61. The zero-order chi connectivity index (χ0) is 9.61. The second kappa shape index (κ2) is 5.79. The second-order valence-electron chi connectivity index (χ2n) is 3.06. The number of ether oxygens (including phenoxy) is 1. The maximum Gasteiger partial charge on any atom is 0.0584 e. The van der Waals surface area contributed by atoms with Crippen LogP contribution in [0.15, 0.2) is 0 Å². The third-order valence-electron chi connectivity index (χ3n) is 2.27. The van der Waals surface area contributed by atoms with E-state index in [2.05, 4.69) is 0 Å². The lowest BCUT2D eigenvalue weighted by atomic mass is 9.69. The highest BCUT2D eigenvalue weighted by atomic mass is 35.5. The number of halogens is 1. The molecule has 2 nitrogen and oxygen atoms in total. The van der Waals surface area contributed by atoms with Crippen molar-refractivity contribution >= 4 is 11.6 Å². The van der Waals surface area contributed by atoms with Crippen LogP contribution in [-0.4, -0.2) is 30.8 Å². The first kappa shape index (κ1) is 12.2. The van der Waals surface area contributed by atoms with Crippen molar-refractivity contribution in [3.05, 3.63) is 0 Å². The summed E-state index contributed by atoms with van der Waals surface area (Å²) in [6.07, 6.45) is 2.14. The number of hydrogen-bond acceptors (Lipinski definition) is 2. The molecule has 0 aromatic carbocycles. The Labute approximate surface area is 79.9 Å². The average Bonchev–Trinajstić information content (AvgIpc) is 2.09. The molecule has 0 spiro atoms. The first-order valence-corrected chi connectivity index (χ1v) is 4.99. The van der Waals surface area contributed by atoms with Gasteiger partial charge in [0.2, 0.25) is 0 Å². The van der Waals surface area contributed by atoms with Crippen LogP contribution in [0, 0.1) is 5.41 Å². The summed E-state index contributed by atoms with van der Waals surface area (Å²) in [6, 6.07) is 0. The fourth-order valence-electron chi connectivity index (χ4n) is 1.35. The van der Waals surface area contributed by atoms with E-state index in [0.29, 0.717) is 12.0 Å². The third-order valence-corrected chi connectivity index (χ3v) is 2.84. The number of alkyl halides is 1. The van der Waals surface area contributed by atoms with Crippen LogP contribution in [0.1, 0.15) is 26.7 Å². The molecule has 1 saturated carbocycles. The quantitative estimate of drug-likeness (QED) is 0.697. The van der Waals surface area contributed by atoms with Gasteiger partial charge >= 0.3 is 0 Å². The van der Waals surface area contributed by atoms with Crippen molar-refractivity contribution in [3.63, 3.8) is 0 Å². The summed E-state index contributed by atoms with van der Waals surface area (Å²) in [5.74, 6) is 0.545. The molecule has 1 rings (SSSR count). The van der Waals surface area contributed by atoms with Crippen LogP contribution in [0.5, 0.6) is 0 Å². The van der Waals surface area contributed by atoms with Crippen molar-refractivity contribution in [2.75, 3.05) is 19.6 Å². The summed E-state index contributed by atoms with van der Waals surface area (Å²) >= 11 is 5.67. The number of methoxy groups -OCH3 is 1. The van der Waals surface area contributed by atoms with E-state index in [4.69, 9.17) is 21.4 Å². The Morgan fingerprint density at radius 3 is 2.25 bits per heavy atom. The van der Waals surface area contributed by atoms with Crippen LogP contribution in [0.3, 0.4) is 0 Å². The van der Waals surface area contributed by atoms with Crippen molar-refractivity contribution in [1.82, 2.24) is 0 Å². The predicted molar refractivity (Wildman–Crippen MR) is 51.6 cm³/mol. The topological polar surface area (TPSA) is 29.5 Å². The molecule has 1 aliphatic carbocycles. The highest BCUT2D eigenvalue weighted by molar-refractivity contribution is 6.18. The highest BCUT2D eigenvalue weighted by Crippen LogP contribution is 2.42. The molecular weight excluding hydrogens is 176 g/mol. The highest BCUT2D eigenvalue weighted by Gasteiger charge is 2.43. The lowest BCUT2D eigenvalue weighted by molar-refractivity contribution is -0.0718. The van der Waals surface area contributed by atoms with Gasteiger partial charge in [0.15, 0.2) is 0 Å². The van der Waals surface area contributed by atoms with Crippen LogP contribution < -0.4 is 0 Å². The molecule has 0 aromatic rings. The van der Waals surface area contributed by atoms with Crippen LogP contribution >= 0.6 is 11.6 Å². The molecular formula is C9H19ClO2. The lowest BCUT2D eigenvalue weighted by Gasteiger charge is -2.44. The molecule has 0 aliphatic heterocycles. The minimum Gasteiger partial charge on any atom is -0.396 e. The fraction of sp³-hybridized carbons (Fsp3) is 1.00. The summed E-state index contributed by atoms with van der Waals surface area (Å²) < 4.78 is 5.08. The van der Waals surface area contributed by atoms with E-state index in [1.165, 1.54) is 0 Å². The summed E-state index contributed by atoms with van der Waals surface area (Å²) in [5, 5.41) is 8.91.